The number of likely N-dealkylation sites (N-methyl/N-ethyl adjacent to an activating group) is 1. The van der Waals surface area contributed by atoms with Gasteiger partial charge in [0.05, 0.1) is 28.8 Å². The number of sulfonamides is 1. The van der Waals surface area contributed by atoms with Crippen LogP contribution < -0.4 is 20.1 Å². The van der Waals surface area contributed by atoms with Crippen molar-refractivity contribution in [3.63, 3.8) is 0 Å². The van der Waals surface area contributed by atoms with Gasteiger partial charge in [0.1, 0.15) is 23.1 Å². The molecule has 0 aliphatic heterocycles. The van der Waals surface area contributed by atoms with Gasteiger partial charge in [0, 0.05) is 12.7 Å². The van der Waals surface area contributed by atoms with E-state index < -0.39 is 21.4 Å². The number of nitrogens with two attached hydrogens (primary N) is 1. The highest BCUT2D eigenvalue weighted by molar-refractivity contribution is 7.92. The molecule has 3 aromatic rings. The standard InChI is InChI=1S/C23H26FN3O5S.ClH/c1-14-6-10-20(32-14)17-9-8-16(13-18(17)24)33(29,30)26-19-12-15(7-11-21(19)31-5)27(4)22(28)23(2,3)25;/h6-13,26H,25H2,1-5H3;1H. The molecule has 184 valence electrons. The number of methoxy groups -OCH3 is 1. The summed E-state index contributed by atoms with van der Waals surface area (Å²) < 4.78 is 53.8. The molecule has 1 amide bonds. The van der Waals surface area contributed by atoms with E-state index in [9.17, 15) is 17.6 Å². The Kier molecular flexibility index (Phi) is 8.02. The van der Waals surface area contributed by atoms with Crippen LogP contribution in [0.3, 0.4) is 0 Å². The van der Waals surface area contributed by atoms with Crippen molar-refractivity contribution in [1.82, 2.24) is 0 Å². The van der Waals surface area contributed by atoms with Crippen LogP contribution in [0.25, 0.3) is 11.3 Å². The second-order valence-electron chi connectivity index (χ2n) is 8.13. The van der Waals surface area contributed by atoms with Crippen LogP contribution >= 0.6 is 12.4 Å². The molecule has 8 nitrogen and oxygen atoms in total. The molecular formula is C23H27ClFN3O5S. The van der Waals surface area contributed by atoms with E-state index in [1.807, 2.05) is 0 Å². The Balaban J connectivity index is 0.00000408. The first-order valence-corrected chi connectivity index (χ1v) is 11.5. The second kappa shape index (κ2) is 10.0. The molecule has 0 aliphatic rings. The Morgan fingerprint density at radius 1 is 1.15 bits per heavy atom. The topological polar surface area (TPSA) is 115 Å². The van der Waals surface area contributed by atoms with E-state index in [1.54, 1.807) is 39.0 Å². The van der Waals surface area contributed by atoms with Gasteiger partial charge in [-0.1, -0.05) is 0 Å². The Bertz CT molecular complexity index is 1300. The molecule has 1 aromatic heterocycles. The van der Waals surface area contributed by atoms with Gasteiger partial charge >= 0.3 is 0 Å². The molecule has 3 rings (SSSR count). The number of amides is 1. The van der Waals surface area contributed by atoms with Gasteiger partial charge in [-0.25, -0.2) is 12.8 Å². The maximum Gasteiger partial charge on any atom is 0.262 e. The molecule has 2 aromatic carbocycles. The molecule has 0 bridgehead atoms. The maximum atomic E-state index is 14.7. The number of hydrogen-bond donors (Lipinski definition) is 2. The highest BCUT2D eigenvalue weighted by Crippen LogP contribution is 2.33. The fourth-order valence-corrected chi connectivity index (χ4v) is 4.25. The van der Waals surface area contributed by atoms with Crippen molar-refractivity contribution in [1.29, 1.82) is 0 Å². The Labute approximate surface area is 204 Å². The number of rotatable bonds is 7. The van der Waals surface area contributed by atoms with Crippen LogP contribution in [0.4, 0.5) is 15.8 Å². The summed E-state index contributed by atoms with van der Waals surface area (Å²) in [5.41, 5.74) is 5.38. The number of halogens is 2. The monoisotopic (exact) mass is 511 g/mol. The van der Waals surface area contributed by atoms with Gasteiger partial charge in [-0.3, -0.25) is 9.52 Å². The van der Waals surface area contributed by atoms with Gasteiger partial charge in [-0.05, 0) is 69.3 Å². The number of benzene rings is 2. The van der Waals surface area contributed by atoms with Crippen molar-refractivity contribution in [2.75, 3.05) is 23.8 Å². The second-order valence-corrected chi connectivity index (χ2v) is 9.81. The zero-order valence-corrected chi connectivity index (χ0v) is 21.0. The Morgan fingerprint density at radius 2 is 1.82 bits per heavy atom. The van der Waals surface area contributed by atoms with E-state index in [0.29, 0.717) is 17.2 Å². The summed E-state index contributed by atoms with van der Waals surface area (Å²) in [6.07, 6.45) is 0. The van der Waals surface area contributed by atoms with E-state index in [2.05, 4.69) is 4.72 Å². The van der Waals surface area contributed by atoms with E-state index in [4.69, 9.17) is 14.9 Å². The third kappa shape index (κ3) is 5.69. The first-order valence-electron chi connectivity index (χ1n) is 9.98. The number of nitrogens with one attached hydrogen (secondary N) is 1. The predicted octanol–water partition coefficient (Wildman–Crippen LogP) is 4.33. The fraction of sp³-hybridized carbons (Fsp3) is 0.261. The molecule has 0 saturated carbocycles. The lowest BCUT2D eigenvalue weighted by molar-refractivity contribution is -0.122. The van der Waals surface area contributed by atoms with E-state index in [1.165, 1.54) is 43.3 Å². The van der Waals surface area contributed by atoms with Crippen molar-refractivity contribution < 1.29 is 26.8 Å². The average molecular weight is 512 g/mol. The number of nitrogens with zero attached hydrogens (tertiary/aromatic N) is 1. The third-order valence-corrected chi connectivity index (χ3v) is 6.29. The highest BCUT2D eigenvalue weighted by Gasteiger charge is 2.27. The van der Waals surface area contributed by atoms with E-state index in [0.717, 1.165) is 6.07 Å². The summed E-state index contributed by atoms with van der Waals surface area (Å²) in [5.74, 6) is 0.0112. The van der Waals surface area contributed by atoms with Gasteiger partial charge < -0.3 is 19.8 Å². The zero-order chi connectivity index (χ0) is 24.6. The molecule has 0 atom stereocenters. The number of carbonyl (C=O) groups excluding carboxylic acids is 1. The third-order valence-electron chi connectivity index (χ3n) is 4.93. The lowest BCUT2D eigenvalue weighted by Gasteiger charge is -2.26. The van der Waals surface area contributed by atoms with Gasteiger partial charge in [0.15, 0.2) is 0 Å². The minimum Gasteiger partial charge on any atom is -0.495 e. The molecule has 0 radical (unpaired) electrons. The van der Waals surface area contributed by atoms with Gasteiger partial charge in [-0.15, -0.1) is 12.4 Å². The number of furan rings is 1. The number of ether oxygens (including phenoxy) is 1. The summed E-state index contributed by atoms with van der Waals surface area (Å²) >= 11 is 0. The minimum atomic E-state index is -4.18. The zero-order valence-electron chi connectivity index (χ0n) is 19.4. The fourth-order valence-electron chi connectivity index (χ4n) is 3.18. The van der Waals surface area contributed by atoms with Gasteiger partial charge in [0.25, 0.3) is 10.0 Å². The van der Waals surface area contributed by atoms with E-state index in [-0.39, 0.29) is 40.2 Å². The summed E-state index contributed by atoms with van der Waals surface area (Å²) in [6.45, 7) is 4.87. The molecule has 0 unspecified atom stereocenters. The summed E-state index contributed by atoms with van der Waals surface area (Å²) in [6, 6.07) is 11.4. The highest BCUT2D eigenvalue weighted by atomic mass is 35.5. The molecule has 0 fully saturated rings. The van der Waals surface area contributed by atoms with Crippen LogP contribution in [0, 0.1) is 12.7 Å². The normalized spacial score (nSPS) is 11.5. The summed E-state index contributed by atoms with van der Waals surface area (Å²) in [4.78, 5) is 13.5. The summed E-state index contributed by atoms with van der Waals surface area (Å²) in [7, 11) is -1.27. The summed E-state index contributed by atoms with van der Waals surface area (Å²) in [5, 5.41) is 0. The SMILES string of the molecule is COc1ccc(N(C)C(=O)C(C)(C)N)cc1NS(=O)(=O)c1ccc(-c2ccc(C)o2)c(F)c1.Cl. The van der Waals surface area contributed by atoms with Crippen LogP contribution in [0.15, 0.2) is 57.8 Å². The lowest BCUT2D eigenvalue weighted by Crippen LogP contribution is -2.49. The first-order chi connectivity index (χ1) is 15.3. The van der Waals surface area contributed by atoms with Crippen molar-refractivity contribution in [3.8, 4) is 17.1 Å². The maximum absolute atomic E-state index is 14.7. The number of aryl methyl sites for hydroxylation is 1. The number of hydrogen-bond acceptors (Lipinski definition) is 6. The molecule has 11 heteroatoms. The Morgan fingerprint density at radius 3 is 2.35 bits per heavy atom. The van der Waals surface area contributed by atoms with Crippen molar-refractivity contribution in [3.05, 3.63) is 60.1 Å². The largest absolute Gasteiger partial charge is 0.495 e. The van der Waals surface area contributed by atoms with Crippen LogP contribution in [0.2, 0.25) is 0 Å². The quantitative estimate of drug-likeness (QED) is 0.488. The molecule has 3 N–H and O–H groups in total. The first kappa shape index (κ1) is 27.2. The van der Waals surface area contributed by atoms with Crippen LogP contribution in [-0.4, -0.2) is 34.0 Å². The van der Waals surface area contributed by atoms with Crippen LogP contribution in [0.1, 0.15) is 19.6 Å². The van der Waals surface area contributed by atoms with Crippen molar-refractivity contribution >= 4 is 39.7 Å². The van der Waals surface area contributed by atoms with E-state index >= 15 is 0 Å². The Hall–Kier alpha value is -3.08. The van der Waals surface area contributed by atoms with Crippen molar-refractivity contribution in [2.45, 2.75) is 31.2 Å². The molecule has 34 heavy (non-hydrogen) atoms. The minimum absolute atomic E-state index is 0. The molecule has 0 aliphatic carbocycles. The molecule has 0 saturated heterocycles. The van der Waals surface area contributed by atoms with Crippen molar-refractivity contribution in [2.24, 2.45) is 5.73 Å². The van der Waals surface area contributed by atoms with Gasteiger partial charge in [-0.2, -0.15) is 0 Å². The van der Waals surface area contributed by atoms with Gasteiger partial charge in [0.2, 0.25) is 5.91 Å². The number of carbonyl (C=O) groups is 1. The number of anilines is 2. The lowest BCUT2D eigenvalue weighted by atomic mass is 10.1. The predicted molar refractivity (Wildman–Crippen MR) is 132 cm³/mol. The smallest absolute Gasteiger partial charge is 0.262 e. The molecular weight excluding hydrogens is 485 g/mol. The van der Waals surface area contributed by atoms with Crippen LogP contribution in [0.5, 0.6) is 5.75 Å². The average Bonchev–Trinajstić information content (AvgIpc) is 3.17. The van der Waals surface area contributed by atoms with Crippen LogP contribution in [-0.2, 0) is 14.8 Å². The molecule has 1 heterocycles. The molecule has 0 spiro atoms.